The zero-order valence-electron chi connectivity index (χ0n) is 13.9. The van der Waals surface area contributed by atoms with Gasteiger partial charge < -0.3 is 5.32 Å². The number of aromatic nitrogens is 4. The Labute approximate surface area is 155 Å². The molecule has 0 bridgehead atoms. The van der Waals surface area contributed by atoms with Crippen molar-refractivity contribution in [1.82, 2.24) is 20.2 Å². The standard InChI is InChI=1S/C17H16ClN5O2S/c1-26(24,25)12-6-4-11(5-7-12)16-19-9-13(18)17(21-16)20-15-8-14(22-23-15)10-2-3-10/h4-10H,2-3H2,1H3,(H2,19,20,21,22,23). The summed E-state index contributed by atoms with van der Waals surface area (Å²) in [7, 11) is -3.24. The van der Waals surface area contributed by atoms with Gasteiger partial charge in [0.25, 0.3) is 0 Å². The molecular weight excluding hydrogens is 374 g/mol. The molecule has 9 heteroatoms. The first-order valence-electron chi connectivity index (χ1n) is 8.05. The molecule has 0 radical (unpaired) electrons. The number of halogens is 1. The maximum Gasteiger partial charge on any atom is 0.175 e. The molecule has 7 nitrogen and oxygen atoms in total. The van der Waals surface area contributed by atoms with Crippen LogP contribution < -0.4 is 5.32 Å². The first kappa shape index (κ1) is 17.0. The van der Waals surface area contributed by atoms with Gasteiger partial charge in [0, 0.05) is 29.5 Å². The highest BCUT2D eigenvalue weighted by Gasteiger charge is 2.25. The summed E-state index contributed by atoms with van der Waals surface area (Å²) in [5.74, 6) is 2.10. The highest BCUT2D eigenvalue weighted by molar-refractivity contribution is 7.90. The van der Waals surface area contributed by atoms with Gasteiger partial charge >= 0.3 is 0 Å². The monoisotopic (exact) mass is 389 g/mol. The Morgan fingerprint density at radius 2 is 1.96 bits per heavy atom. The van der Waals surface area contributed by atoms with E-state index in [0.717, 1.165) is 5.69 Å². The van der Waals surface area contributed by atoms with Crippen LogP contribution in [0.15, 0.2) is 41.4 Å². The summed E-state index contributed by atoms with van der Waals surface area (Å²) in [6.45, 7) is 0. The third-order valence-corrected chi connectivity index (χ3v) is 5.55. The highest BCUT2D eigenvalue weighted by atomic mass is 35.5. The fourth-order valence-corrected chi connectivity index (χ4v) is 3.34. The van der Waals surface area contributed by atoms with Crippen molar-refractivity contribution in [3.8, 4) is 11.4 Å². The minimum atomic E-state index is -3.24. The van der Waals surface area contributed by atoms with E-state index in [4.69, 9.17) is 11.6 Å². The number of rotatable bonds is 5. The van der Waals surface area contributed by atoms with Gasteiger partial charge in [0.05, 0.1) is 11.1 Å². The fraction of sp³-hybridized carbons (Fsp3) is 0.235. The molecule has 1 fully saturated rings. The van der Waals surface area contributed by atoms with E-state index >= 15 is 0 Å². The number of sulfone groups is 1. The molecule has 0 aliphatic heterocycles. The average Bonchev–Trinajstić information content (AvgIpc) is 3.36. The second-order valence-electron chi connectivity index (χ2n) is 6.29. The lowest BCUT2D eigenvalue weighted by atomic mass is 10.2. The molecule has 1 aliphatic carbocycles. The van der Waals surface area contributed by atoms with Crippen molar-refractivity contribution in [1.29, 1.82) is 0 Å². The van der Waals surface area contributed by atoms with Crippen LogP contribution in [-0.4, -0.2) is 34.8 Å². The number of aromatic amines is 1. The third-order valence-electron chi connectivity index (χ3n) is 4.15. The second kappa shape index (κ2) is 6.37. The van der Waals surface area contributed by atoms with Crippen LogP contribution in [0.2, 0.25) is 5.02 Å². The number of nitrogens with zero attached hydrogens (tertiary/aromatic N) is 3. The number of hydrogen-bond donors (Lipinski definition) is 2. The zero-order valence-corrected chi connectivity index (χ0v) is 15.5. The highest BCUT2D eigenvalue weighted by Crippen LogP contribution is 2.39. The minimum absolute atomic E-state index is 0.248. The maximum atomic E-state index is 11.6. The van der Waals surface area contributed by atoms with Crippen molar-refractivity contribution in [2.75, 3.05) is 11.6 Å². The van der Waals surface area contributed by atoms with E-state index in [0.29, 0.717) is 34.0 Å². The van der Waals surface area contributed by atoms with E-state index in [1.54, 1.807) is 12.1 Å². The van der Waals surface area contributed by atoms with Crippen molar-refractivity contribution in [2.24, 2.45) is 0 Å². The van der Waals surface area contributed by atoms with Crippen LogP contribution >= 0.6 is 11.6 Å². The third kappa shape index (κ3) is 3.56. The fourth-order valence-electron chi connectivity index (χ4n) is 2.57. The van der Waals surface area contributed by atoms with Crippen LogP contribution in [-0.2, 0) is 9.84 Å². The Hall–Kier alpha value is -2.45. The summed E-state index contributed by atoms with van der Waals surface area (Å²) in [6, 6.07) is 8.36. The topological polar surface area (TPSA) is 101 Å². The number of nitrogens with one attached hydrogen (secondary N) is 2. The van der Waals surface area contributed by atoms with E-state index in [1.807, 2.05) is 6.07 Å². The lowest BCUT2D eigenvalue weighted by Gasteiger charge is -2.07. The van der Waals surface area contributed by atoms with Gasteiger partial charge in [-0.1, -0.05) is 11.6 Å². The Morgan fingerprint density at radius 3 is 2.62 bits per heavy atom. The predicted molar refractivity (Wildman–Crippen MR) is 99.4 cm³/mol. The number of H-pyrrole nitrogens is 1. The Balaban J connectivity index is 1.60. The van der Waals surface area contributed by atoms with Gasteiger partial charge in [-0.05, 0) is 37.1 Å². The van der Waals surface area contributed by atoms with E-state index in [9.17, 15) is 8.42 Å². The molecule has 0 atom stereocenters. The molecule has 26 heavy (non-hydrogen) atoms. The molecule has 134 valence electrons. The molecule has 3 aromatic rings. The van der Waals surface area contributed by atoms with Crippen molar-refractivity contribution < 1.29 is 8.42 Å². The van der Waals surface area contributed by atoms with Crippen LogP contribution in [0.5, 0.6) is 0 Å². The minimum Gasteiger partial charge on any atom is -0.322 e. The summed E-state index contributed by atoms with van der Waals surface area (Å²) in [6.07, 6.45) is 5.04. The molecular formula is C17H16ClN5O2S. The molecule has 1 aromatic carbocycles. The molecule has 2 N–H and O–H groups in total. The number of anilines is 2. The Morgan fingerprint density at radius 1 is 1.23 bits per heavy atom. The van der Waals surface area contributed by atoms with Gasteiger partial charge in [-0.15, -0.1) is 0 Å². The molecule has 2 heterocycles. The summed E-state index contributed by atoms with van der Waals surface area (Å²) in [5.41, 5.74) is 1.80. The quantitative estimate of drug-likeness (QED) is 0.692. The lowest BCUT2D eigenvalue weighted by molar-refractivity contribution is 0.602. The average molecular weight is 390 g/mol. The first-order chi connectivity index (χ1) is 12.4. The van der Waals surface area contributed by atoms with E-state index in [2.05, 4.69) is 25.5 Å². The van der Waals surface area contributed by atoms with Crippen LogP contribution in [0.3, 0.4) is 0 Å². The number of hydrogen-bond acceptors (Lipinski definition) is 6. The van der Waals surface area contributed by atoms with Crippen LogP contribution in [0.1, 0.15) is 24.5 Å². The van der Waals surface area contributed by atoms with E-state index < -0.39 is 9.84 Å². The molecule has 4 rings (SSSR count). The largest absolute Gasteiger partial charge is 0.322 e. The Bertz CT molecular complexity index is 1060. The summed E-state index contributed by atoms with van der Waals surface area (Å²) in [5, 5.41) is 10.7. The summed E-state index contributed by atoms with van der Waals surface area (Å²) in [4.78, 5) is 8.92. The van der Waals surface area contributed by atoms with Crippen LogP contribution in [0.4, 0.5) is 11.6 Å². The smallest absolute Gasteiger partial charge is 0.175 e. The van der Waals surface area contributed by atoms with E-state index in [-0.39, 0.29) is 4.90 Å². The molecule has 1 aliphatic rings. The van der Waals surface area contributed by atoms with Crippen LogP contribution in [0, 0.1) is 0 Å². The van der Waals surface area contributed by atoms with Crippen LogP contribution in [0.25, 0.3) is 11.4 Å². The number of benzene rings is 1. The van der Waals surface area contributed by atoms with Gasteiger partial charge in [0.15, 0.2) is 27.3 Å². The van der Waals surface area contributed by atoms with Gasteiger partial charge in [-0.25, -0.2) is 18.4 Å². The predicted octanol–water partition coefficient (Wildman–Crippen LogP) is 3.54. The van der Waals surface area contributed by atoms with Crippen molar-refractivity contribution >= 4 is 33.1 Å². The molecule has 0 unspecified atom stereocenters. The Kier molecular flexibility index (Phi) is 4.16. The van der Waals surface area contributed by atoms with Gasteiger partial charge in [-0.2, -0.15) is 5.10 Å². The van der Waals surface area contributed by atoms with Crippen molar-refractivity contribution in [3.05, 3.63) is 47.2 Å². The summed E-state index contributed by atoms with van der Waals surface area (Å²) < 4.78 is 23.1. The first-order valence-corrected chi connectivity index (χ1v) is 10.3. The molecule has 2 aromatic heterocycles. The van der Waals surface area contributed by atoms with Crippen molar-refractivity contribution in [2.45, 2.75) is 23.7 Å². The molecule has 0 amide bonds. The normalized spacial score (nSPS) is 14.4. The maximum absolute atomic E-state index is 11.6. The van der Waals surface area contributed by atoms with E-state index in [1.165, 1.54) is 37.4 Å². The van der Waals surface area contributed by atoms with Gasteiger partial charge in [0.2, 0.25) is 0 Å². The van der Waals surface area contributed by atoms with Gasteiger partial charge in [0.1, 0.15) is 5.02 Å². The van der Waals surface area contributed by atoms with Crippen molar-refractivity contribution in [3.63, 3.8) is 0 Å². The summed E-state index contributed by atoms with van der Waals surface area (Å²) >= 11 is 6.20. The molecule has 0 spiro atoms. The zero-order chi connectivity index (χ0) is 18.3. The molecule has 1 saturated carbocycles. The van der Waals surface area contributed by atoms with Gasteiger partial charge in [-0.3, -0.25) is 5.10 Å². The molecule has 0 saturated heterocycles. The SMILES string of the molecule is CS(=O)(=O)c1ccc(-c2ncc(Cl)c(Nc3cc(C4CC4)[nH]n3)n2)cc1. The second-order valence-corrected chi connectivity index (χ2v) is 8.72. The lowest BCUT2D eigenvalue weighted by Crippen LogP contribution is -1.99.